The summed E-state index contributed by atoms with van der Waals surface area (Å²) in [5.74, 6) is 0. The van der Waals surface area contributed by atoms with Gasteiger partial charge in [0.05, 0.1) is 0 Å². The van der Waals surface area contributed by atoms with Gasteiger partial charge in [-0.3, -0.25) is 4.98 Å². The molecule has 1 aromatic rings. The average Bonchev–Trinajstić information content (AvgIpc) is 2.38. The number of allylic oxidation sites excluding steroid dienone is 3. The van der Waals surface area contributed by atoms with Crippen LogP contribution in [0.3, 0.4) is 0 Å². The molecule has 0 spiro atoms. The van der Waals surface area contributed by atoms with Crippen LogP contribution in [0.2, 0.25) is 0 Å². The number of aromatic nitrogens is 1. The van der Waals surface area contributed by atoms with Gasteiger partial charge >= 0.3 is 0 Å². The van der Waals surface area contributed by atoms with Gasteiger partial charge in [0.15, 0.2) is 0 Å². The number of nitrogens with zero attached hydrogens (tertiary/aromatic N) is 1. The lowest BCUT2D eigenvalue weighted by Crippen LogP contribution is -2.21. The van der Waals surface area contributed by atoms with Crippen molar-refractivity contribution in [2.24, 2.45) is 5.41 Å². The summed E-state index contributed by atoms with van der Waals surface area (Å²) in [5.41, 5.74) is 2.94. The zero-order valence-corrected chi connectivity index (χ0v) is 13.0. The fourth-order valence-corrected chi connectivity index (χ4v) is 3.04. The molecule has 1 aliphatic carbocycles. The van der Waals surface area contributed by atoms with Gasteiger partial charge in [-0.2, -0.15) is 0 Å². The lowest BCUT2D eigenvalue weighted by Gasteiger charge is -2.33. The van der Waals surface area contributed by atoms with Crippen LogP contribution in [0.25, 0.3) is 0 Å². The highest BCUT2D eigenvalue weighted by molar-refractivity contribution is 5.35. The summed E-state index contributed by atoms with van der Waals surface area (Å²) in [4.78, 5) is 4.00. The van der Waals surface area contributed by atoms with Crippen molar-refractivity contribution in [2.45, 2.75) is 52.6 Å². The number of aliphatic hydroxyl groups is 1. The smallest absolute Gasteiger partial charge is 0.105 e. The molecule has 1 aliphatic rings. The summed E-state index contributed by atoms with van der Waals surface area (Å²) >= 11 is 0. The number of hydrogen-bond donors (Lipinski definition) is 1. The molecule has 0 saturated carbocycles. The molecule has 0 amide bonds. The largest absolute Gasteiger partial charge is 0.381 e. The van der Waals surface area contributed by atoms with E-state index in [4.69, 9.17) is 0 Å². The van der Waals surface area contributed by atoms with E-state index in [0.29, 0.717) is 0 Å². The molecule has 2 nitrogen and oxygen atoms in total. The highest BCUT2D eigenvalue weighted by atomic mass is 16.3. The Morgan fingerprint density at radius 3 is 2.55 bits per heavy atom. The van der Waals surface area contributed by atoms with Crippen molar-refractivity contribution in [3.8, 4) is 0 Å². The first kappa shape index (κ1) is 15.0. The topological polar surface area (TPSA) is 33.1 Å². The molecular weight excluding hydrogens is 246 g/mol. The van der Waals surface area contributed by atoms with E-state index in [1.807, 2.05) is 25.1 Å². The van der Waals surface area contributed by atoms with Gasteiger partial charge < -0.3 is 5.11 Å². The minimum atomic E-state index is -0.955. The Kier molecular flexibility index (Phi) is 4.14. The summed E-state index contributed by atoms with van der Waals surface area (Å²) in [6.07, 6.45) is 11.1. The normalized spacial score (nSPS) is 22.1. The predicted molar refractivity (Wildman–Crippen MR) is 83.3 cm³/mol. The number of pyridine rings is 1. The maximum Gasteiger partial charge on any atom is 0.105 e. The second-order valence-corrected chi connectivity index (χ2v) is 6.65. The highest BCUT2D eigenvalue weighted by Crippen LogP contribution is 2.41. The molecule has 1 N–H and O–H groups in total. The van der Waals surface area contributed by atoms with E-state index in [1.54, 1.807) is 12.4 Å². The first-order valence-corrected chi connectivity index (χ1v) is 7.35. The molecular formula is C18H25NO. The van der Waals surface area contributed by atoms with Gasteiger partial charge in [-0.05, 0) is 67.9 Å². The average molecular weight is 271 g/mol. The van der Waals surface area contributed by atoms with Crippen LogP contribution >= 0.6 is 0 Å². The Morgan fingerprint density at radius 2 is 1.95 bits per heavy atom. The summed E-state index contributed by atoms with van der Waals surface area (Å²) < 4.78 is 0. The van der Waals surface area contributed by atoms with Crippen molar-refractivity contribution in [2.75, 3.05) is 0 Å². The zero-order valence-electron chi connectivity index (χ0n) is 13.0. The lowest BCUT2D eigenvalue weighted by atomic mass is 9.72. The molecule has 0 bridgehead atoms. The van der Waals surface area contributed by atoms with Crippen molar-refractivity contribution in [1.29, 1.82) is 0 Å². The molecule has 2 heteroatoms. The van der Waals surface area contributed by atoms with Gasteiger partial charge in [0.25, 0.3) is 0 Å². The van der Waals surface area contributed by atoms with E-state index in [-0.39, 0.29) is 5.41 Å². The first-order valence-electron chi connectivity index (χ1n) is 7.35. The van der Waals surface area contributed by atoms with E-state index in [1.165, 1.54) is 30.4 Å². The maximum atomic E-state index is 10.6. The van der Waals surface area contributed by atoms with Crippen molar-refractivity contribution in [3.05, 3.63) is 53.4 Å². The summed E-state index contributed by atoms with van der Waals surface area (Å²) in [6.45, 7) is 8.61. The second-order valence-electron chi connectivity index (χ2n) is 6.65. The fourth-order valence-electron chi connectivity index (χ4n) is 3.04. The van der Waals surface area contributed by atoms with Crippen LogP contribution in [0.4, 0.5) is 0 Å². The molecule has 0 aromatic carbocycles. The van der Waals surface area contributed by atoms with Gasteiger partial charge in [-0.15, -0.1) is 0 Å². The summed E-state index contributed by atoms with van der Waals surface area (Å²) in [5, 5.41) is 10.6. The lowest BCUT2D eigenvalue weighted by molar-refractivity contribution is 0.111. The number of rotatable bonds is 3. The van der Waals surface area contributed by atoms with E-state index in [2.05, 4.69) is 31.8 Å². The van der Waals surface area contributed by atoms with Crippen LogP contribution in [0.1, 0.15) is 52.5 Å². The van der Waals surface area contributed by atoms with Gasteiger partial charge in [0.2, 0.25) is 0 Å². The Bertz CT molecular complexity index is 524. The SMILES string of the molecule is CC1=C(/C=C/C(C)(O)c2ccncc2)C(C)(C)CCC1. The van der Waals surface area contributed by atoms with Crippen LogP contribution in [-0.4, -0.2) is 10.1 Å². The highest BCUT2D eigenvalue weighted by Gasteiger charge is 2.27. The van der Waals surface area contributed by atoms with Crippen molar-refractivity contribution in [3.63, 3.8) is 0 Å². The third-order valence-corrected chi connectivity index (χ3v) is 4.38. The Balaban J connectivity index is 2.29. The molecule has 1 aromatic heterocycles. The van der Waals surface area contributed by atoms with Crippen LogP contribution in [0, 0.1) is 5.41 Å². The molecule has 0 radical (unpaired) electrons. The zero-order chi connectivity index (χ0) is 14.8. The Morgan fingerprint density at radius 1 is 1.30 bits per heavy atom. The third-order valence-electron chi connectivity index (χ3n) is 4.38. The second kappa shape index (κ2) is 5.53. The molecule has 0 aliphatic heterocycles. The minimum Gasteiger partial charge on any atom is -0.381 e. The molecule has 1 unspecified atom stereocenters. The van der Waals surface area contributed by atoms with Gasteiger partial charge in [-0.25, -0.2) is 0 Å². The molecule has 2 rings (SSSR count). The quantitative estimate of drug-likeness (QED) is 0.885. The van der Waals surface area contributed by atoms with E-state index in [0.717, 1.165) is 5.56 Å². The molecule has 108 valence electrons. The molecule has 0 fully saturated rings. The maximum absolute atomic E-state index is 10.6. The van der Waals surface area contributed by atoms with Crippen LogP contribution in [0.15, 0.2) is 47.8 Å². The summed E-state index contributed by atoms with van der Waals surface area (Å²) in [6, 6.07) is 3.72. The standard InChI is InChI=1S/C18H25NO/c1-14-6-5-10-17(2,3)16(14)7-11-18(4,20)15-8-12-19-13-9-15/h7-9,11-13,20H,5-6,10H2,1-4H3/b11-7+. The minimum absolute atomic E-state index is 0.202. The Labute approximate surface area is 122 Å². The molecule has 1 atom stereocenters. The first-order chi connectivity index (χ1) is 9.33. The van der Waals surface area contributed by atoms with Gasteiger partial charge in [0.1, 0.15) is 5.60 Å². The van der Waals surface area contributed by atoms with Crippen LogP contribution in [0.5, 0.6) is 0 Å². The third kappa shape index (κ3) is 3.18. The summed E-state index contributed by atoms with van der Waals surface area (Å²) in [7, 11) is 0. The molecule has 20 heavy (non-hydrogen) atoms. The number of hydrogen-bond acceptors (Lipinski definition) is 2. The van der Waals surface area contributed by atoms with E-state index >= 15 is 0 Å². The Hall–Kier alpha value is -1.41. The van der Waals surface area contributed by atoms with E-state index < -0.39 is 5.60 Å². The molecule has 0 saturated heterocycles. The predicted octanol–water partition coefficient (Wildman–Crippen LogP) is 4.37. The fraction of sp³-hybridized carbons (Fsp3) is 0.500. The van der Waals surface area contributed by atoms with Crippen LogP contribution in [-0.2, 0) is 5.60 Å². The van der Waals surface area contributed by atoms with Crippen LogP contribution < -0.4 is 0 Å². The van der Waals surface area contributed by atoms with Crippen molar-refractivity contribution >= 4 is 0 Å². The van der Waals surface area contributed by atoms with Gasteiger partial charge in [-0.1, -0.05) is 25.5 Å². The monoisotopic (exact) mass is 271 g/mol. The van der Waals surface area contributed by atoms with Crippen molar-refractivity contribution in [1.82, 2.24) is 4.98 Å². The van der Waals surface area contributed by atoms with Gasteiger partial charge in [0, 0.05) is 12.4 Å². The molecule has 1 heterocycles. The van der Waals surface area contributed by atoms with Crippen molar-refractivity contribution < 1.29 is 5.11 Å². The van der Waals surface area contributed by atoms with E-state index in [9.17, 15) is 5.11 Å².